The van der Waals surface area contributed by atoms with Gasteiger partial charge in [-0.2, -0.15) is 0 Å². The van der Waals surface area contributed by atoms with E-state index in [1.54, 1.807) is 0 Å². The van der Waals surface area contributed by atoms with Crippen LogP contribution in [0.3, 0.4) is 0 Å². The maximum Gasteiger partial charge on any atom is 0.0293 e. The van der Waals surface area contributed by atoms with Gasteiger partial charge < -0.3 is 5.32 Å². The first kappa shape index (κ1) is 11.3. The Morgan fingerprint density at radius 2 is 2.19 bits per heavy atom. The van der Waals surface area contributed by atoms with Crippen LogP contribution in [0.2, 0.25) is 0 Å². The third kappa shape index (κ3) is 3.17. The van der Waals surface area contributed by atoms with Gasteiger partial charge in [0.05, 0.1) is 0 Å². The molecule has 2 heteroatoms. The number of nitrogens with zero attached hydrogens (tertiary/aromatic N) is 1. The molecule has 2 unspecified atom stereocenters. The van der Waals surface area contributed by atoms with Gasteiger partial charge in [0, 0.05) is 18.4 Å². The normalized spacial score (nSPS) is 21.9. The van der Waals surface area contributed by atoms with Gasteiger partial charge in [0.15, 0.2) is 0 Å². The van der Waals surface area contributed by atoms with Crippen LogP contribution >= 0.6 is 0 Å². The van der Waals surface area contributed by atoms with Gasteiger partial charge in [-0.25, -0.2) is 0 Å². The molecule has 0 amide bonds. The predicted molar refractivity (Wildman–Crippen MR) is 67.1 cm³/mol. The highest BCUT2D eigenvalue weighted by Crippen LogP contribution is 2.18. The summed E-state index contributed by atoms with van der Waals surface area (Å²) in [7, 11) is 0. The fourth-order valence-electron chi connectivity index (χ4n) is 2.16. The fraction of sp³-hybridized carbons (Fsp3) is 0.500. The van der Waals surface area contributed by atoms with Crippen molar-refractivity contribution < 1.29 is 0 Å². The van der Waals surface area contributed by atoms with Crippen LogP contribution in [0.25, 0.3) is 0 Å². The number of aromatic nitrogens is 1. The molecule has 1 heterocycles. The zero-order valence-corrected chi connectivity index (χ0v) is 9.89. The van der Waals surface area contributed by atoms with Gasteiger partial charge >= 0.3 is 0 Å². The van der Waals surface area contributed by atoms with E-state index in [0.29, 0.717) is 6.04 Å². The average molecular weight is 216 g/mol. The molecule has 1 aromatic rings. The third-order valence-electron chi connectivity index (χ3n) is 3.30. The molecule has 0 saturated carbocycles. The van der Waals surface area contributed by atoms with E-state index in [-0.39, 0.29) is 0 Å². The Kier molecular flexibility index (Phi) is 4.11. The van der Waals surface area contributed by atoms with E-state index in [4.69, 9.17) is 0 Å². The van der Waals surface area contributed by atoms with E-state index in [9.17, 15) is 0 Å². The van der Waals surface area contributed by atoms with E-state index < -0.39 is 0 Å². The molecule has 0 saturated heterocycles. The summed E-state index contributed by atoms with van der Waals surface area (Å²) in [5.41, 5.74) is 1.32. The molecule has 16 heavy (non-hydrogen) atoms. The van der Waals surface area contributed by atoms with Crippen LogP contribution in [0.5, 0.6) is 0 Å². The van der Waals surface area contributed by atoms with Crippen molar-refractivity contribution in [2.45, 2.75) is 32.2 Å². The molecule has 0 radical (unpaired) electrons. The summed E-state index contributed by atoms with van der Waals surface area (Å²) >= 11 is 0. The van der Waals surface area contributed by atoms with Gasteiger partial charge in [0.2, 0.25) is 0 Å². The standard InChI is InChI=1S/C14H20N2/c1-12(14-7-9-15-10-8-14)16-11-13-5-3-2-4-6-13/h2-3,7-10,12-13,16H,4-6,11H2,1H3. The highest BCUT2D eigenvalue weighted by atomic mass is 14.9. The molecule has 2 nitrogen and oxygen atoms in total. The van der Waals surface area contributed by atoms with Crippen molar-refractivity contribution in [3.8, 4) is 0 Å². The Labute approximate surface area is 97.8 Å². The van der Waals surface area contributed by atoms with E-state index >= 15 is 0 Å². The van der Waals surface area contributed by atoms with Crippen molar-refractivity contribution in [1.29, 1.82) is 0 Å². The Bertz CT molecular complexity index is 332. The van der Waals surface area contributed by atoms with Gasteiger partial charge in [-0.1, -0.05) is 12.2 Å². The Morgan fingerprint density at radius 1 is 1.38 bits per heavy atom. The quantitative estimate of drug-likeness (QED) is 0.782. The molecule has 1 aliphatic rings. The van der Waals surface area contributed by atoms with Crippen LogP contribution in [0, 0.1) is 5.92 Å². The molecule has 1 aliphatic carbocycles. The molecule has 0 bridgehead atoms. The summed E-state index contributed by atoms with van der Waals surface area (Å²) in [6.07, 6.45) is 12.1. The van der Waals surface area contributed by atoms with Gasteiger partial charge in [0.1, 0.15) is 0 Å². The van der Waals surface area contributed by atoms with Crippen molar-refractivity contribution in [3.63, 3.8) is 0 Å². The van der Waals surface area contributed by atoms with Crippen molar-refractivity contribution >= 4 is 0 Å². The molecule has 1 N–H and O–H groups in total. The molecule has 0 spiro atoms. The second kappa shape index (κ2) is 5.80. The Balaban J connectivity index is 1.79. The van der Waals surface area contributed by atoms with E-state index in [1.807, 2.05) is 12.4 Å². The maximum absolute atomic E-state index is 4.04. The number of hydrogen-bond acceptors (Lipinski definition) is 2. The van der Waals surface area contributed by atoms with E-state index in [2.05, 4.69) is 41.5 Å². The van der Waals surface area contributed by atoms with Crippen LogP contribution in [0.4, 0.5) is 0 Å². The minimum atomic E-state index is 0.425. The Hall–Kier alpha value is -1.15. The van der Waals surface area contributed by atoms with Gasteiger partial charge in [-0.3, -0.25) is 4.98 Å². The van der Waals surface area contributed by atoms with Crippen LogP contribution in [-0.4, -0.2) is 11.5 Å². The average Bonchev–Trinajstić information content (AvgIpc) is 2.38. The first-order valence-electron chi connectivity index (χ1n) is 6.14. The lowest BCUT2D eigenvalue weighted by Gasteiger charge is -2.21. The minimum Gasteiger partial charge on any atom is -0.310 e. The smallest absolute Gasteiger partial charge is 0.0293 e. The SMILES string of the molecule is CC(NCC1CC=CCC1)c1ccncc1. The van der Waals surface area contributed by atoms with Crippen molar-refractivity contribution in [3.05, 3.63) is 42.2 Å². The lowest BCUT2D eigenvalue weighted by atomic mass is 9.94. The molecule has 0 fully saturated rings. The second-order valence-corrected chi connectivity index (χ2v) is 4.56. The summed E-state index contributed by atoms with van der Waals surface area (Å²) in [5, 5.41) is 3.61. The largest absolute Gasteiger partial charge is 0.310 e. The molecular weight excluding hydrogens is 196 g/mol. The van der Waals surface area contributed by atoms with Gasteiger partial charge in [-0.15, -0.1) is 0 Å². The monoisotopic (exact) mass is 216 g/mol. The minimum absolute atomic E-state index is 0.425. The zero-order chi connectivity index (χ0) is 11.2. The second-order valence-electron chi connectivity index (χ2n) is 4.56. The molecule has 2 atom stereocenters. The number of pyridine rings is 1. The topological polar surface area (TPSA) is 24.9 Å². The van der Waals surface area contributed by atoms with Crippen molar-refractivity contribution in [2.24, 2.45) is 5.92 Å². The molecule has 2 rings (SSSR count). The Morgan fingerprint density at radius 3 is 2.88 bits per heavy atom. The molecule has 1 aromatic heterocycles. The fourth-order valence-corrected chi connectivity index (χ4v) is 2.16. The number of nitrogens with one attached hydrogen (secondary N) is 1. The summed E-state index contributed by atoms with van der Waals surface area (Å²) in [6.45, 7) is 3.34. The summed E-state index contributed by atoms with van der Waals surface area (Å²) in [5.74, 6) is 0.814. The number of allylic oxidation sites excluding steroid dienone is 2. The highest BCUT2D eigenvalue weighted by molar-refractivity contribution is 5.13. The first-order valence-corrected chi connectivity index (χ1v) is 6.14. The highest BCUT2D eigenvalue weighted by Gasteiger charge is 2.11. The zero-order valence-electron chi connectivity index (χ0n) is 9.89. The first-order chi connectivity index (χ1) is 7.86. The van der Waals surface area contributed by atoms with E-state index in [0.717, 1.165) is 12.5 Å². The third-order valence-corrected chi connectivity index (χ3v) is 3.30. The van der Waals surface area contributed by atoms with Crippen molar-refractivity contribution in [2.75, 3.05) is 6.54 Å². The predicted octanol–water partition coefficient (Wildman–Crippen LogP) is 3.09. The van der Waals surface area contributed by atoms with Crippen molar-refractivity contribution in [1.82, 2.24) is 10.3 Å². The van der Waals surface area contributed by atoms with Gasteiger partial charge in [-0.05, 0) is 56.3 Å². The number of hydrogen-bond donors (Lipinski definition) is 1. The molecule has 0 aromatic carbocycles. The molecular formula is C14H20N2. The van der Waals surface area contributed by atoms with Crippen LogP contribution < -0.4 is 5.32 Å². The molecule has 86 valence electrons. The number of rotatable bonds is 4. The lowest BCUT2D eigenvalue weighted by Crippen LogP contribution is -2.26. The van der Waals surface area contributed by atoms with Crippen LogP contribution in [0.15, 0.2) is 36.7 Å². The van der Waals surface area contributed by atoms with Crippen LogP contribution in [-0.2, 0) is 0 Å². The maximum atomic E-state index is 4.04. The summed E-state index contributed by atoms with van der Waals surface area (Å²) < 4.78 is 0. The lowest BCUT2D eigenvalue weighted by molar-refractivity contribution is 0.415. The summed E-state index contributed by atoms with van der Waals surface area (Å²) in [4.78, 5) is 4.04. The van der Waals surface area contributed by atoms with Gasteiger partial charge in [0.25, 0.3) is 0 Å². The summed E-state index contributed by atoms with van der Waals surface area (Å²) in [6, 6.07) is 4.59. The van der Waals surface area contributed by atoms with E-state index in [1.165, 1.54) is 24.8 Å². The molecule has 0 aliphatic heterocycles. The van der Waals surface area contributed by atoms with Crippen LogP contribution in [0.1, 0.15) is 37.8 Å².